The van der Waals surface area contributed by atoms with E-state index in [-0.39, 0.29) is 18.1 Å². The van der Waals surface area contributed by atoms with Crippen LogP contribution in [0.2, 0.25) is 0 Å². The van der Waals surface area contributed by atoms with Gasteiger partial charge >= 0.3 is 0 Å². The average Bonchev–Trinajstić information content (AvgIpc) is 2.53. The molecule has 0 atom stereocenters. The van der Waals surface area contributed by atoms with Crippen molar-refractivity contribution in [1.82, 2.24) is 0 Å². The molecule has 2 aliphatic rings. The summed E-state index contributed by atoms with van der Waals surface area (Å²) in [6.45, 7) is 0.101. The Kier molecular flexibility index (Phi) is 2.58. The van der Waals surface area contributed by atoms with Gasteiger partial charge in [0.05, 0.1) is 18.3 Å². The van der Waals surface area contributed by atoms with Gasteiger partial charge in [-0.25, -0.2) is 0 Å². The maximum Gasteiger partial charge on any atom is 0.0727 e. The molecule has 0 amide bonds. The number of aliphatic hydroxyl groups excluding tert-OH is 1. The number of ether oxygens (including phenoxy) is 1. The molecule has 2 saturated carbocycles. The van der Waals surface area contributed by atoms with E-state index in [0.717, 1.165) is 38.5 Å². The smallest absolute Gasteiger partial charge is 0.0727 e. The number of hydrogen-bond acceptors (Lipinski definition) is 3. The second kappa shape index (κ2) is 3.47. The summed E-state index contributed by atoms with van der Waals surface area (Å²) < 4.78 is 5.23. The van der Waals surface area contributed by atoms with Crippen molar-refractivity contribution in [3.63, 3.8) is 0 Å². The van der Waals surface area contributed by atoms with Gasteiger partial charge in [-0.1, -0.05) is 12.8 Å². The van der Waals surface area contributed by atoms with Crippen molar-refractivity contribution >= 4 is 0 Å². The summed E-state index contributed by atoms with van der Waals surface area (Å²) in [7, 11) is 1.70. The van der Waals surface area contributed by atoms with Crippen LogP contribution in [-0.2, 0) is 4.74 Å². The predicted octanol–water partition coefficient (Wildman–Crippen LogP) is 1.08. The zero-order valence-electron chi connectivity index (χ0n) is 8.83. The highest BCUT2D eigenvalue weighted by Gasteiger charge is 2.58. The predicted molar refractivity (Wildman–Crippen MR) is 53.0 cm³/mol. The summed E-state index contributed by atoms with van der Waals surface area (Å²) in [5.74, 6) is 0. The lowest BCUT2D eigenvalue weighted by atomic mass is 9.57. The van der Waals surface area contributed by atoms with Gasteiger partial charge in [0, 0.05) is 12.5 Å². The lowest BCUT2D eigenvalue weighted by molar-refractivity contribution is -0.194. The molecule has 2 N–H and O–H groups in total. The monoisotopic (exact) mass is 200 g/mol. The Balaban J connectivity index is 2.06. The fourth-order valence-electron chi connectivity index (χ4n) is 3.12. The quantitative estimate of drug-likeness (QED) is 0.716. The van der Waals surface area contributed by atoms with Gasteiger partial charge in [-0.05, 0) is 25.7 Å². The molecule has 0 heterocycles. The van der Waals surface area contributed by atoms with Crippen LogP contribution in [0.25, 0.3) is 0 Å². The maximum atomic E-state index is 10.5. The van der Waals surface area contributed by atoms with Crippen LogP contribution in [0.5, 0.6) is 0 Å². The summed E-state index contributed by atoms with van der Waals surface area (Å²) in [6, 6.07) is 0. The van der Waals surface area contributed by atoms with E-state index in [0.29, 0.717) is 0 Å². The molecule has 82 valence electrons. The highest BCUT2D eigenvalue weighted by molar-refractivity contribution is 5.09. The second-order valence-electron chi connectivity index (χ2n) is 4.94. The Labute approximate surface area is 85.1 Å². The normalized spacial score (nSPS) is 40.9. The van der Waals surface area contributed by atoms with Crippen LogP contribution >= 0.6 is 0 Å². The van der Waals surface area contributed by atoms with E-state index < -0.39 is 5.60 Å². The van der Waals surface area contributed by atoms with E-state index in [2.05, 4.69) is 0 Å². The fraction of sp³-hybridized carbons (Fsp3) is 1.00. The summed E-state index contributed by atoms with van der Waals surface area (Å²) in [5.41, 5.74) is -0.874. The maximum absolute atomic E-state index is 10.5. The third-order valence-electron chi connectivity index (χ3n) is 4.29. The molecule has 0 aromatic carbocycles. The van der Waals surface area contributed by atoms with Crippen molar-refractivity contribution in [2.45, 2.75) is 50.2 Å². The summed E-state index contributed by atoms with van der Waals surface area (Å²) in [4.78, 5) is 0. The molecular weight excluding hydrogens is 180 g/mol. The van der Waals surface area contributed by atoms with Crippen molar-refractivity contribution in [3.8, 4) is 0 Å². The van der Waals surface area contributed by atoms with Crippen molar-refractivity contribution in [2.24, 2.45) is 5.41 Å². The molecule has 2 fully saturated rings. The van der Waals surface area contributed by atoms with Gasteiger partial charge in [-0.15, -0.1) is 0 Å². The van der Waals surface area contributed by atoms with Crippen molar-refractivity contribution in [1.29, 1.82) is 0 Å². The molecule has 14 heavy (non-hydrogen) atoms. The molecule has 0 radical (unpaired) electrons. The second-order valence-corrected chi connectivity index (χ2v) is 4.94. The fourth-order valence-corrected chi connectivity index (χ4v) is 3.12. The first kappa shape index (κ1) is 10.4. The van der Waals surface area contributed by atoms with E-state index >= 15 is 0 Å². The molecule has 0 unspecified atom stereocenters. The number of hydrogen-bond donors (Lipinski definition) is 2. The molecule has 0 saturated heterocycles. The van der Waals surface area contributed by atoms with Crippen LogP contribution in [0.4, 0.5) is 0 Å². The molecule has 0 spiro atoms. The van der Waals surface area contributed by atoms with E-state index in [9.17, 15) is 10.2 Å². The molecule has 3 nitrogen and oxygen atoms in total. The van der Waals surface area contributed by atoms with E-state index in [1.54, 1.807) is 7.11 Å². The SMILES string of the molecule is COC1CC(CO)(C2(O)CCCC2)C1. The first-order chi connectivity index (χ1) is 6.66. The molecule has 2 aliphatic carbocycles. The van der Waals surface area contributed by atoms with Gasteiger partial charge in [-0.2, -0.15) is 0 Å². The summed E-state index contributed by atoms with van der Waals surface area (Å²) in [6.07, 6.45) is 5.76. The Hall–Kier alpha value is -0.120. The van der Waals surface area contributed by atoms with Gasteiger partial charge in [-0.3, -0.25) is 0 Å². The van der Waals surface area contributed by atoms with Crippen LogP contribution in [0.1, 0.15) is 38.5 Å². The van der Waals surface area contributed by atoms with E-state index in [4.69, 9.17) is 4.74 Å². The van der Waals surface area contributed by atoms with Crippen molar-refractivity contribution in [3.05, 3.63) is 0 Å². The van der Waals surface area contributed by atoms with Crippen LogP contribution in [0.3, 0.4) is 0 Å². The largest absolute Gasteiger partial charge is 0.396 e. The molecule has 0 bridgehead atoms. The van der Waals surface area contributed by atoms with Crippen LogP contribution in [-0.4, -0.2) is 35.6 Å². The van der Waals surface area contributed by atoms with E-state index in [1.807, 2.05) is 0 Å². The van der Waals surface area contributed by atoms with Gasteiger partial charge in [0.15, 0.2) is 0 Å². The van der Waals surface area contributed by atoms with Crippen LogP contribution < -0.4 is 0 Å². The number of methoxy groups -OCH3 is 1. The van der Waals surface area contributed by atoms with E-state index in [1.165, 1.54) is 0 Å². The van der Waals surface area contributed by atoms with Gasteiger partial charge in [0.2, 0.25) is 0 Å². The summed E-state index contributed by atoms with van der Waals surface area (Å²) in [5, 5.41) is 19.9. The Morgan fingerprint density at radius 1 is 1.29 bits per heavy atom. The third kappa shape index (κ3) is 1.30. The minimum atomic E-state index is -0.614. The molecule has 2 rings (SSSR count). The number of rotatable bonds is 3. The molecule has 3 heteroatoms. The van der Waals surface area contributed by atoms with Crippen LogP contribution in [0, 0.1) is 5.41 Å². The Bertz CT molecular complexity index is 203. The molecule has 0 aliphatic heterocycles. The molecular formula is C11H20O3. The van der Waals surface area contributed by atoms with Gasteiger partial charge in [0.1, 0.15) is 0 Å². The van der Waals surface area contributed by atoms with Crippen molar-refractivity contribution in [2.75, 3.05) is 13.7 Å². The minimum absolute atomic E-state index is 0.101. The van der Waals surface area contributed by atoms with Gasteiger partial charge < -0.3 is 14.9 Å². The van der Waals surface area contributed by atoms with Crippen LogP contribution in [0.15, 0.2) is 0 Å². The average molecular weight is 200 g/mol. The Morgan fingerprint density at radius 3 is 2.29 bits per heavy atom. The van der Waals surface area contributed by atoms with Gasteiger partial charge in [0.25, 0.3) is 0 Å². The first-order valence-corrected chi connectivity index (χ1v) is 5.52. The molecule has 0 aromatic rings. The zero-order valence-corrected chi connectivity index (χ0v) is 8.83. The Morgan fingerprint density at radius 2 is 1.86 bits per heavy atom. The highest BCUT2D eigenvalue weighted by atomic mass is 16.5. The first-order valence-electron chi connectivity index (χ1n) is 5.52. The zero-order chi connectivity index (χ0) is 10.2. The van der Waals surface area contributed by atoms with Crippen molar-refractivity contribution < 1.29 is 14.9 Å². The lowest BCUT2D eigenvalue weighted by Gasteiger charge is -2.54. The number of aliphatic hydroxyl groups is 2. The third-order valence-corrected chi connectivity index (χ3v) is 4.29. The lowest BCUT2D eigenvalue weighted by Crippen LogP contribution is -2.58. The highest BCUT2D eigenvalue weighted by Crippen LogP contribution is 2.55. The summed E-state index contributed by atoms with van der Waals surface area (Å²) >= 11 is 0. The molecule has 0 aromatic heterocycles. The minimum Gasteiger partial charge on any atom is -0.396 e. The standard InChI is InChI=1S/C11H20O3/c1-14-9-6-10(7-9,8-12)11(13)4-2-3-5-11/h9,12-13H,2-8H2,1H3. The topological polar surface area (TPSA) is 49.7 Å².